The Kier molecular flexibility index (Phi) is 8.39. The highest BCUT2D eigenvalue weighted by Crippen LogP contribution is 2.38. The number of hydrogen-bond donors (Lipinski definition) is 1. The molecule has 0 bridgehead atoms. The number of amides is 2. The van der Waals surface area contributed by atoms with Crippen LogP contribution in [0.3, 0.4) is 0 Å². The van der Waals surface area contributed by atoms with Crippen molar-refractivity contribution in [2.75, 3.05) is 45.3 Å². The average molecular weight is 494 g/mol. The first-order valence-corrected chi connectivity index (χ1v) is 13.1. The number of piperidine rings is 1. The Morgan fingerprint density at radius 1 is 1.11 bits per heavy atom. The fourth-order valence-corrected chi connectivity index (χ4v) is 5.13. The number of nitrogens with one attached hydrogen (secondary N) is 1. The third-order valence-corrected chi connectivity index (χ3v) is 7.44. The lowest BCUT2D eigenvalue weighted by Crippen LogP contribution is -2.53. The molecule has 0 aliphatic carbocycles. The van der Waals surface area contributed by atoms with E-state index in [1.165, 1.54) is 5.56 Å². The van der Waals surface area contributed by atoms with Crippen LogP contribution in [0.25, 0.3) is 0 Å². The van der Waals surface area contributed by atoms with E-state index in [0.29, 0.717) is 38.3 Å². The minimum atomic E-state index is -0.440. The van der Waals surface area contributed by atoms with Crippen molar-refractivity contribution < 1.29 is 19.1 Å². The lowest BCUT2D eigenvalue weighted by Gasteiger charge is -2.41. The summed E-state index contributed by atoms with van der Waals surface area (Å²) in [6.07, 6.45) is 5.10. The van der Waals surface area contributed by atoms with Crippen LogP contribution < -0.4 is 19.7 Å². The second kappa shape index (κ2) is 11.7. The number of carbonyl (C=O) groups excluding carboxylic acids is 2. The molecule has 1 spiro atoms. The van der Waals surface area contributed by atoms with Crippen LogP contribution in [0.5, 0.6) is 11.5 Å². The van der Waals surface area contributed by atoms with Crippen LogP contribution >= 0.6 is 0 Å². The molecule has 0 aromatic heterocycles. The Hall–Kier alpha value is -3.22. The van der Waals surface area contributed by atoms with E-state index < -0.39 is 5.41 Å². The number of likely N-dealkylation sites (tertiary alicyclic amines) is 1. The second-order valence-corrected chi connectivity index (χ2v) is 10.3. The summed E-state index contributed by atoms with van der Waals surface area (Å²) in [5, 5.41) is 3.20. The summed E-state index contributed by atoms with van der Waals surface area (Å²) >= 11 is 0. The first-order valence-electron chi connectivity index (χ1n) is 13.1. The summed E-state index contributed by atoms with van der Waals surface area (Å²) in [6.45, 7) is 3.57. The normalized spacial score (nSPS) is 20.2. The maximum absolute atomic E-state index is 13.4. The van der Waals surface area contributed by atoms with E-state index in [2.05, 4.69) is 17.4 Å². The van der Waals surface area contributed by atoms with Gasteiger partial charge in [-0.15, -0.1) is 0 Å². The van der Waals surface area contributed by atoms with Gasteiger partial charge in [-0.25, -0.2) is 0 Å². The number of aryl methyl sites for hydroxylation is 1. The molecular formula is C29H39N3O4. The molecule has 2 aromatic carbocycles. The van der Waals surface area contributed by atoms with Crippen molar-refractivity contribution in [1.29, 1.82) is 0 Å². The Morgan fingerprint density at radius 2 is 1.89 bits per heavy atom. The van der Waals surface area contributed by atoms with Gasteiger partial charge in [-0.2, -0.15) is 0 Å². The average Bonchev–Trinajstić information content (AvgIpc) is 2.89. The van der Waals surface area contributed by atoms with Crippen LogP contribution in [-0.4, -0.2) is 63.2 Å². The molecule has 0 radical (unpaired) electrons. The first kappa shape index (κ1) is 25.9. The van der Waals surface area contributed by atoms with Crippen LogP contribution in [0.1, 0.15) is 44.6 Å². The summed E-state index contributed by atoms with van der Waals surface area (Å²) in [4.78, 5) is 30.2. The molecule has 2 aromatic rings. The maximum Gasteiger partial charge on any atom is 0.260 e. The number of nitrogens with zero attached hydrogens (tertiary/aromatic N) is 2. The predicted octanol–water partition coefficient (Wildman–Crippen LogP) is 4.05. The quantitative estimate of drug-likeness (QED) is 0.696. The molecule has 0 unspecified atom stereocenters. The van der Waals surface area contributed by atoms with Crippen molar-refractivity contribution in [2.24, 2.45) is 5.41 Å². The minimum absolute atomic E-state index is 0.00383. The van der Waals surface area contributed by atoms with Crippen LogP contribution in [0, 0.1) is 5.41 Å². The molecule has 2 aliphatic rings. The lowest BCUT2D eigenvalue weighted by atomic mass is 9.73. The molecule has 7 nitrogen and oxygen atoms in total. The molecule has 2 aliphatic heterocycles. The van der Waals surface area contributed by atoms with Gasteiger partial charge in [0.25, 0.3) is 5.91 Å². The van der Waals surface area contributed by atoms with E-state index in [9.17, 15) is 9.59 Å². The minimum Gasteiger partial charge on any atom is -0.491 e. The smallest absolute Gasteiger partial charge is 0.260 e. The molecule has 2 heterocycles. The second-order valence-electron chi connectivity index (χ2n) is 10.3. The molecule has 1 N–H and O–H groups in total. The summed E-state index contributed by atoms with van der Waals surface area (Å²) in [5.74, 6) is 1.65. The van der Waals surface area contributed by atoms with E-state index in [0.717, 1.165) is 37.1 Å². The van der Waals surface area contributed by atoms with Gasteiger partial charge in [0, 0.05) is 38.9 Å². The zero-order valence-electron chi connectivity index (χ0n) is 21.8. The third-order valence-electron chi connectivity index (χ3n) is 7.44. The zero-order valence-corrected chi connectivity index (χ0v) is 21.8. The van der Waals surface area contributed by atoms with Gasteiger partial charge in [0.2, 0.25) is 5.91 Å². The zero-order chi connectivity index (χ0) is 25.5. The standard InChI is InChI=1S/C29H39N3O4/c1-22-20-36-26-13-5-4-9-23(26)10-6-7-14-29(28(34)30-22)15-17-32(18-16-29)27(33)21-35-25-12-8-11-24(19-25)31(2)3/h4-5,8-9,11-13,19,22H,6-7,10,14-18,20-21H2,1-3H3,(H,30,34)/t22-/m0/s1. The van der Waals surface area contributed by atoms with Crippen molar-refractivity contribution in [2.45, 2.75) is 51.5 Å². The number of rotatable bonds is 4. The van der Waals surface area contributed by atoms with Gasteiger partial charge in [0.15, 0.2) is 6.61 Å². The molecule has 1 fully saturated rings. The Bertz CT molecular complexity index is 1050. The molecular weight excluding hydrogens is 454 g/mol. The number of benzene rings is 2. The van der Waals surface area contributed by atoms with Crippen molar-refractivity contribution in [3.05, 3.63) is 54.1 Å². The number of fused-ring (bicyclic) bond motifs is 1. The Balaban J connectivity index is 1.35. The monoisotopic (exact) mass is 493 g/mol. The first-order chi connectivity index (χ1) is 17.4. The Labute approximate surface area is 214 Å². The SMILES string of the molecule is C[C@H]1COc2ccccc2CCCCC2(CCN(C(=O)COc3cccc(N(C)C)c3)CC2)C(=O)N1. The predicted molar refractivity (Wildman–Crippen MR) is 142 cm³/mol. The van der Waals surface area contributed by atoms with Gasteiger partial charge in [-0.1, -0.05) is 30.7 Å². The molecule has 7 heteroatoms. The third kappa shape index (κ3) is 6.31. The fourth-order valence-electron chi connectivity index (χ4n) is 5.13. The summed E-state index contributed by atoms with van der Waals surface area (Å²) in [7, 11) is 3.94. The van der Waals surface area contributed by atoms with E-state index >= 15 is 0 Å². The van der Waals surface area contributed by atoms with Crippen LogP contribution in [0.2, 0.25) is 0 Å². The fraction of sp³-hybridized carbons (Fsp3) is 0.517. The number of anilines is 1. The van der Waals surface area contributed by atoms with Crippen LogP contribution in [0.15, 0.2) is 48.5 Å². The van der Waals surface area contributed by atoms with Crippen LogP contribution in [-0.2, 0) is 16.0 Å². The largest absolute Gasteiger partial charge is 0.491 e. The van der Waals surface area contributed by atoms with Gasteiger partial charge >= 0.3 is 0 Å². The van der Waals surface area contributed by atoms with Gasteiger partial charge in [0.1, 0.15) is 18.1 Å². The highest BCUT2D eigenvalue weighted by molar-refractivity contribution is 5.84. The highest BCUT2D eigenvalue weighted by Gasteiger charge is 2.42. The summed E-state index contributed by atoms with van der Waals surface area (Å²) in [6, 6.07) is 15.8. The number of hydrogen-bond acceptors (Lipinski definition) is 5. The van der Waals surface area contributed by atoms with Crippen molar-refractivity contribution in [3.8, 4) is 11.5 Å². The van der Waals surface area contributed by atoms with Crippen LogP contribution in [0.4, 0.5) is 5.69 Å². The number of carbonyl (C=O) groups is 2. The number of para-hydroxylation sites is 1. The lowest BCUT2D eigenvalue weighted by molar-refractivity contribution is -0.142. The van der Waals surface area contributed by atoms with Gasteiger partial charge < -0.3 is 24.6 Å². The molecule has 1 atom stereocenters. The summed E-state index contributed by atoms with van der Waals surface area (Å²) in [5.41, 5.74) is 1.81. The van der Waals surface area contributed by atoms with Gasteiger partial charge in [0.05, 0.1) is 11.5 Å². The van der Waals surface area contributed by atoms with E-state index in [1.807, 2.05) is 67.2 Å². The number of ether oxygens (including phenoxy) is 2. The Morgan fingerprint density at radius 3 is 2.67 bits per heavy atom. The topological polar surface area (TPSA) is 71.1 Å². The molecule has 0 saturated carbocycles. The molecule has 194 valence electrons. The van der Waals surface area contributed by atoms with E-state index in [1.54, 1.807) is 0 Å². The molecule has 1 saturated heterocycles. The van der Waals surface area contributed by atoms with Crippen molar-refractivity contribution in [3.63, 3.8) is 0 Å². The van der Waals surface area contributed by atoms with Crippen molar-refractivity contribution >= 4 is 17.5 Å². The van der Waals surface area contributed by atoms with E-state index in [-0.39, 0.29) is 24.5 Å². The maximum atomic E-state index is 13.4. The summed E-state index contributed by atoms with van der Waals surface area (Å²) < 4.78 is 11.8. The van der Waals surface area contributed by atoms with E-state index in [4.69, 9.17) is 9.47 Å². The molecule has 36 heavy (non-hydrogen) atoms. The van der Waals surface area contributed by atoms with Gasteiger partial charge in [-0.3, -0.25) is 9.59 Å². The molecule has 4 rings (SSSR count). The van der Waals surface area contributed by atoms with Gasteiger partial charge in [-0.05, 0) is 62.8 Å². The molecule has 2 amide bonds. The highest BCUT2D eigenvalue weighted by atomic mass is 16.5. The van der Waals surface area contributed by atoms with Crippen molar-refractivity contribution in [1.82, 2.24) is 10.2 Å².